The fourth-order valence-corrected chi connectivity index (χ4v) is 5.26. The molecule has 0 aromatic heterocycles. The van der Waals surface area contributed by atoms with Crippen molar-refractivity contribution in [3.63, 3.8) is 0 Å². The van der Waals surface area contributed by atoms with Crippen LogP contribution in [-0.2, 0) is 23.9 Å². The molecule has 1 heterocycles. The third-order valence-corrected chi connectivity index (χ3v) is 6.82. The molecule has 4 rings (SSSR count). The van der Waals surface area contributed by atoms with Gasteiger partial charge >= 0.3 is 5.97 Å². The van der Waals surface area contributed by atoms with Gasteiger partial charge in [0.2, 0.25) is 11.8 Å². The zero-order valence-corrected chi connectivity index (χ0v) is 17.8. The predicted octanol–water partition coefficient (Wildman–Crippen LogP) is 3.07. The first kappa shape index (κ1) is 21.5. The van der Waals surface area contributed by atoms with Gasteiger partial charge in [0, 0.05) is 11.7 Å². The molecular weight excluding hydrogens is 396 g/mol. The molecule has 0 spiro atoms. The molecule has 2 saturated carbocycles. The fourth-order valence-electron chi connectivity index (χ4n) is 5.26. The molecular formula is C24H30N2O5. The molecule has 2 aliphatic carbocycles. The average Bonchev–Trinajstić information content (AvgIpc) is 3.04. The van der Waals surface area contributed by atoms with Gasteiger partial charge in [-0.15, -0.1) is 0 Å². The number of imide groups is 1. The third-order valence-electron chi connectivity index (χ3n) is 6.82. The molecule has 3 amide bonds. The Morgan fingerprint density at radius 1 is 0.871 bits per heavy atom. The standard InChI is InChI=1S/C24H30N2O5/c27-21(26(17-9-3-1-4-10-17)18-11-5-2-6-12-18)16-31-22(28)15-25-23(29)19-13-7-8-14-20(19)24(25)30/h1,3-4,9-10,18-20H,2,5-8,11-16H2. The van der Waals surface area contributed by atoms with Gasteiger partial charge in [-0.1, -0.05) is 50.3 Å². The highest BCUT2D eigenvalue weighted by Gasteiger charge is 2.48. The Balaban J connectivity index is 1.36. The monoisotopic (exact) mass is 426 g/mol. The van der Waals surface area contributed by atoms with E-state index in [0.29, 0.717) is 12.8 Å². The molecule has 0 radical (unpaired) electrons. The minimum Gasteiger partial charge on any atom is -0.454 e. The van der Waals surface area contributed by atoms with E-state index in [-0.39, 0.29) is 35.6 Å². The Hall–Kier alpha value is -2.70. The van der Waals surface area contributed by atoms with Crippen LogP contribution in [0.3, 0.4) is 0 Å². The van der Waals surface area contributed by atoms with Gasteiger partial charge in [0.05, 0.1) is 11.8 Å². The summed E-state index contributed by atoms with van der Waals surface area (Å²) < 4.78 is 5.23. The molecule has 3 aliphatic rings. The number of benzene rings is 1. The van der Waals surface area contributed by atoms with E-state index < -0.39 is 19.1 Å². The van der Waals surface area contributed by atoms with Gasteiger partial charge in [0.15, 0.2) is 6.61 Å². The van der Waals surface area contributed by atoms with Crippen molar-refractivity contribution in [2.24, 2.45) is 11.8 Å². The van der Waals surface area contributed by atoms with Crippen LogP contribution in [0.1, 0.15) is 57.8 Å². The average molecular weight is 427 g/mol. The van der Waals surface area contributed by atoms with Crippen molar-refractivity contribution in [1.82, 2.24) is 4.90 Å². The molecule has 7 heteroatoms. The van der Waals surface area contributed by atoms with E-state index in [1.807, 2.05) is 30.3 Å². The van der Waals surface area contributed by atoms with Crippen LogP contribution in [0.25, 0.3) is 0 Å². The van der Waals surface area contributed by atoms with Gasteiger partial charge in [-0.05, 0) is 37.8 Å². The number of hydrogen-bond acceptors (Lipinski definition) is 5. The summed E-state index contributed by atoms with van der Waals surface area (Å²) in [5, 5.41) is 0. The molecule has 3 fully saturated rings. The van der Waals surface area contributed by atoms with Gasteiger partial charge in [-0.25, -0.2) is 0 Å². The Labute approximate surface area is 182 Å². The Bertz CT molecular complexity index is 810. The van der Waals surface area contributed by atoms with Crippen molar-refractivity contribution in [2.75, 3.05) is 18.1 Å². The topological polar surface area (TPSA) is 84.0 Å². The van der Waals surface area contributed by atoms with Crippen molar-refractivity contribution >= 4 is 29.4 Å². The SMILES string of the molecule is O=C(CN1C(=O)C2CCCCC2C1=O)OCC(=O)N(c1ccccc1)C1CCCCC1. The molecule has 2 unspecified atom stereocenters. The second kappa shape index (κ2) is 9.62. The van der Waals surface area contributed by atoms with Crippen LogP contribution < -0.4 is 4.90 Å². The summed E-state index contributed by atoms with van der Waals surface area (Å²) in [5.41, 5.74) is 0.796. The summed E-state index contributed by atoms with van der Waals surface area (Å²) in [7, 11) is 0. The number of carbonyl (C=O) groups is 4. The molecule has 0 bridgehead atoms. The highest BCUT2D eigenvalue weighted by atomic mass is 16.5. The lowest BCUT2D eigenvalue weighted by molar-refractivity contribution is -0.154. The number of carbonyl (C=O) groups excluding carboxylic acids is 4. The smallest absolute Gasteiger partial charge is 0.326 e. The number of rotatable bonds is 6. The fraction of sp³-hybridized carbons (Fsp3) is 0.583. The van der Waals surface area contributed by atoms with Crippen LogP contribution in [0.2, 0.25) is 0 Å². The predicted molar refractivity (Wildman–Crippen MR) is 114 cm³/mol. The van der Waals surface area contributed by atoms with E-state index in [4.69, 9.17) is 4.74 Å². The molecule has 1 saturated heterocycles. The summed E-state index contributed by atoms with van der Waals surface area (Å²) in [6.07, 6.45) is 8.43. The lowest BCUT2D eigenvalue weighted by Gasteiger charge is -2.34. The molecule has 31 heavy (non-hydrogen) atoms. The van der Waals surface area contributed by atoms with Crippen LogP contribution in [-0.4, -0.2) is 47.8 Å². The van der Waals surface area contributed by atoms with Crippen LogP contribution in [0.15, 0.2) is 30.3 Å². The second-order valence-electron chi connectivity index (χ2n) is 8.81. The highest BCUT2D eigenvalue weighted by Crippen LogP contribution is 2.37. The van der Waals surface area contributed by atoms with Crippen LogP contribution in [0.4, 0.5) is 5.69 Å². The number of fused-ring (bicyclic) bond motifs is 1. The number of likely N-dealkylation sites (tertiary alicyclic amines) is 1. The first-order valence-corrected chi connectivity index (χ1v) is 11.4. The number of nitrogens with zero attached hydrogens (tertiary/aromatic N) is 2. The molecule has 1 aliphatic heterocycles. The lowest BCUT2D eigenvalue weighted by Crippen LogP contribution is -2.44. The van der Waals surface area contributed by atoms with E-state index in [0.717, 1.165) is 49.1 Å². The normalized spacial score (nSPS) is 24.1. The summed E-state index contributed by atoms with van der Waals surface area (Å²) in [5.74, 6) is -2.13. The maximum Gasteiger partial charge on any atom is 0.326 e. The quantitative estimate of drug-likeness (QED) is 0.516. The zero-order valence-electron chi connectivity index (χ0n) is 17.8. The maximum absolute atomic E-state index is 13.0. The number of amides is 3. The largest absolute Gasteiger partial charge is 0.454 e. The second-order valence-corrected chi connectivity index (χ2v) is 8.81. The summed E-state index contributed by atoms with van der Waals surface area (Å²) in [6.45, 7) is -0.806. The Morgan fingerprint density at radius 3 is 2.06 bits per heavy atom. The van der Waals surface area contributed by atoms with E-state index in [1.54, 1.807) is 4.90 Å². The minimum absolute atomic E-state index is 0.0900. The van der Waals surface area contributed by atoms with Crippen molar-refractivity contribution < 1.29 is 23.9 Å². The lowest BCUT2D eigenvalue weighted by atomic mass is 9.81. The third kappa shape index (κ3) is 4.65. The summed E-state index contributed by atoms with van der Waals surface area (Å²) in [6, 6.07) is 9.53. The first-order chi connectivity index (χ1) is 15.1. The Kier molecular flexibility index (Phi) is 6.68. The number of para-hydroxylation sites is 1. The Morgan fingerprint density at radius 2 is 1.45 bits per heavy atom. The number of esters is 1. The molecule has 0 N–H and O–H groups in total. The van der Waals surface area contributed by atoms with E-state index in [1.165, 1.54) is 6.42 Å². The molecule has 1 aromatic carbocycles. The first-order valence-electron chi connectivity index (χ1n) is 11.4. The summed E-state index contributed by atoms with van der Waals surface area (Å²) in [4.78, 5) is 53.3. The van der Waals surface area contributed by atoms with Crippen molar-refractivity contribution in [3.05, 3.63) is 30.3 Å². The minimum atomic E-state index is -0.717. The van der Waals surface area contributed by atoms with Crippen LogP contribution in [0, 0.1) is 11.8 Å². The van der Waals surface area contributed by atoms with Crippen LogP contribution >= 0.6 is 0 Å². The molecule has 166 valence electrons. The van der Waals surface area contributed by atoms with Crippen LogP contribution in [0.5, 0.6) is 0 Å². The van der Waals surface area contributed by atoms with Gasteiger partial charge in [-0.3, -0.25) is 24.1 Å². The van der Waals surface area contributed by atoms with Crippen molar-refractivity contribution in [1.29, 1.82) is 0 Å². The van der Waals surface area contributed by atoms with E-state index in [2.05, 4.69) is 0 Å². The van der Waals surface area contributed by atoms with Gasteiger partial charge in [0.1, 0.15) is 6.54 Å². The highest BCUT2D eigenvalue weighted by molar-refractivity contribution is 6.07. The van der Waals surface area contributed by atoms with Gasteiger partial charge in [-0.2, -0.15) is 0 Å². The van der Waals surface area contributed by atoms with Crippen molar-refractivity contribution in [2.45, 2.75) is 63.8 Å². The molecule has 7 nitrogen and oxygen atoms in total. The molecule has 1 aromatic rings. The van der Waals surface area contributed by atoms with Gasteiger partial charge in [0.25, 0.3) is 5.91 Å². The van der Waals surface area contributed by atoms with E-state index >= 15 is 0 Å². The zero-order chi connectivity index (χ0) is 21.8. The number of anilines is 1. The molecule has 2 atom stereocenters. The van der Waals surface area contributed by atoms with E-state index in [9.17, 15) is 19.2 Å². The number of hydrogen-bond donors (Lipinski definition) is 0. The maximum atomic E-state index is 13.0. The number of ether oxygens (including phenoxy) is 1. The van der Waals surface area contributed by atoms with Gasteiger partial charge < -0.3 is 9.64 Å². The summed E-state index contributed by atoms with van der Waals surface area (Å²) >= 11 is 0. The van der Waals surface area contributed by atoms with Crippen molar-refractivity contribution in [3.8, 4) is 0 Å².